The fourth-order valence-electron chi connectivity index (χ4n) is 0.929. The van der Waals surface area contributed by atoms with Crippen LogP contribution in [-0.4, -0.2) is 12.9 Å². The van der Waals surface area contributed by atoms with Gasteiger partial charge in [0.05, 0.1) is 0 Å². The molecule has 0 aromatic carbocycles. The maximum absolute atomic E-state index is 9.06. The Hall–Kier alpha value is -1.06. The summed E-state index contributed by atoms with van der Waals surface area (Å²) in [6.45, 7) is 0.0167. The van der Waals surface area contributed by atoms with Crippen LogP contribution in [0.1, 0.15) is 32.1 Å². The second-order valence-electron chi connectivity index (χ2n) is 2.15. The van der Waals surface area contributed by atoms with Gasteiger partial charge in [0.15, 0.2) is 0 Å². The van der Waals surface area contributed by atoms with Gasteiger partial charge in [0.25, 0.3) is 0 Å². The van der Waals surface area contributed by atoms with Crippen LogP contribution in [-0.2, 0) is 19.4 Å². The SMILES string of the molecule is C1CCCC1.O=COOC=O. The lowest BCUT2D eigenvalue weighted by atomic mass is 10.4. The monoisotopic (exact) mass is 160 g/mol. The lowest BCUT2D eigenvalue weighted by Crippen LogP contribution is -1.85. The average Bonchev–Trinajstić information content (AvgIpc) is 2.57. The molecule has 0 aliphatic heterocycles. The van der Waals surface area contributed by atoms with Crippen LogP contribution in [0.2, 0.25) is 0 Å². The Morgan fingerprint density at radius 1 is 0.727 bits per heavy atom. The van der Waals surface area contributed by atoms with E-state index in [9.17, 15) is 0 Å². The van der Waals surface area contributed by atoms with Crippen molar-refractivity contribution in [3.05, 3.63) is 0 Å². The van der Waals surface area contributed by atoms with Crippen LogP contribution in [0.25, 0.3) is 0 Å². The van der Waals surface area contributed by atoms with E-state index in [0.29, 0.717) is 0 Å². The van der Waals surface area contributed by atoms with E-state index in [1.807, 2.05) is 0 Å². The second-order valence-corrected chi connectivity index (χ2v) is 2.15. The van der Waals surface area contributed by atoms with Gasteiger partial charge in [-0.15, -0.1) is 0 Å². The van der Waals surface area contributed by atoms with Crippen molar-refractivity contribution in [1.29, 1.82) is 0 Å². The fraction of sp³-hybridized carbons (Fsp3) is 0.714. The molecule has 0 N–H and O–H groups in total. The van der Waals surface area contributed by atoms with Crippen molar-refractivity contribution in [2.24, 2.45) is 0 Å². The highest BCUT2D eigenvalue weighted by Crippen LogP contribution is 2.15. The van der Waals surface area contributed by atoms with Crippen LogP contribution in [0.15, 0.2) is 0 Å². The van der Waals surface area contributed by atoms with Gasteiger partial charge in [-0.1, -0.05) is 32.1 Å². The van der Waals surface area contributed by atoms with Gasteiger partial charge in [-0.2, -0.15) is 0 Å². The van der Waals surface area contributed by atoms with Crippen LogP contribution in [0, 0.1) is 0 Å². The van der Waals surface area contributed by atoms with Crippen molar-refractivity contribution >= 4 is 12.9 Å². The molecule has 0 amide bonds. The minimum atomic E-state index is 0.00833. The van der Waals surface area contributed by atoms with E-state index in [1.165, 1.54) is 32.1 Å². The van der Waals surface area contributed by atoms with Crippen molar-refractivity contribution in [1.82, 2.24) is 0 Å². The molecule has 4 heteroatoms. The van der Waals surface area contributed by atoms with Gasteiger partial charge >= 0.3 is 12.9 Å². The molecule has 0 saturated heterocycles. The Balaban J connectivity index is 0.000000183. The predicted octanol–water partition coefficient (Wildman–Crippen LogP) is 1.20. The summed E-state index contributed by atoms with van der Waals surface area (Å²) in [5.74, 6) is 0. The minimum Gasteiger partial charge on any atom is -0.251 e. The summed E-state index contributed by atoms with van der Waals surface area (Å²) >= 11 is 0. The summed E-state index contributed by atoms with van der Waals surface area (Å²) in [4.78, 5) is 25.0. The van der Waals surface area contributed by atoms with Gasteiger partial charge in [0, 0.05) is 0 Å². The van der Waals surface area contributed by atoms with E-state index in [2.05, 4.69) is 9.78 Å². The molecule has 0 radical (unpaired) electrons. The summed E-state index contributed by atoms with van der Waals surface area (Å²) in [6, 6.07) is 0. The molecule has 1 aliphatic carbocycles. The lowest BCUT2D eigenvalue weighted by Gasteiger charge is -1.80. The van der Waals surface area contributed by atoms with Crippen LogP contribution in [0.5, 0.6) is 0 Å². The smallest absolute Gasteiger partial charge is 0.251 e. The molecule has 0 spiro atoms. The topological polar surface area (TPSA) is 52.6 Å². The van der Waals surface area contributed by atoms with Crippen LogP contribution < -0.4 is 0 Å². The molecule has 1 aliphatic rings. The maximum atomic E-state index is 9.06. The Morgan fingerprint density at radius 3 is 1.18 bits per heavy atom. The zero-order chi connectivity index (χ0) is 8.36. The summed E-state index contributed by atoms with van der Waals surface area (Å²) in [5.41, 5.74) is 0. The molecule has 1 rings (SSSR count). The van der Waals surface area contributed by atoms with Crippen LogP contribution >= 0.6 is 0 Å². The van der Waals surface area contributed by atoms with Gasteiger partial charge in [0.1, 0.15) is 0 Å². The van der Waals surface area contributed by atoms with Gasteiger partial charge in [-0.05, 0) is 0 Å². The summed E-state index contributed by atoms with van der Waals surface area (Å²) in [6.07, 6.45) is 7.50. The minimum absolute atomic E-state index is 0.00833. The van der Waals surface area contributed by atoms with Gasteiger partial charge in [0.2, 0.25) is 0 Å². The molecule has 11 heavy (non-hydrogen) atoms. The van der Waals surface area contributed by atoms with E-state index >= 15 is 0 Å². The van der Waals surface area contributed by atoms with E-state index in [4.69, 9.17) is 9.59 Å². The number of rotatable bonds is 3. The zero-order valence-corrected chi connectivity index (χ0v) is 6.32. The van der Waals surface area contributed by atoms with Crippen molar-refractivity contribution in [2.45, 2.75) is 32.1 Å². The van der Waals surface area contributed by atoms with E-state index in [-0.39, 0.29) is 12.9 Å². The molecule has 4 nitrogen and oxygen atoms in total. The van der Waals surface area contributed by atoms with Crippen LogP contribution in [0.3, 0.4) is 0 Å². The molecule has 0 aromatic rings. The normalized spacial score (nSPS) is 14.2. The quantitative estimate of drug-likeness (QED) is 0.269. The second kappa shape index (κ2) is 8.94. The molecular weight excluding hydrogens is 148 g/mol. The first-order chi connectivity index (χ1) is 5.41. The highest BCUT2D eigenvalue weighted by molar-refractivity contribution is 5.40. The first-order valence-corrected chi connectivity index (χ1v) is 3.61. The predicted molar refractivity (Wildman–Crippen MR) is 37.4 cm³/mol. The summed E-state index contributed by atoms with van der Waals surface area (Å²) < 4.78 is 0. The largest absolute Gasteiger partial charge is 0.344 e. The Labute approximate surface area is 65.4 Å². The zero-order valence-electron chi connectivity index (χ0n) is 6.32. The standard InChI is InChI=1S/C5H10.C2H2O4/c1-2-4-5-3-1;3-1-5-6-2-4/h1-5H2;1-2H. The first kappa shape index (κ1) is 9.94. The molecule has 1 fully saturated rings. The molecule has 0 aromatic heterocycles. The van der Waals surface area contributed by atoms with Crippen LogP contribution in [0.4, 0.5) is 0 Å². The third kappa shape index (κ3) is 8.94. The molecular formula is C7H12O4. The van der Waals surface area contributed by atoms with Crippen molar-refractivity contribution in [3.8, 4) is 0 Å². The third-order valence-electron chi connectivity index (χ3n) is 1.38. The Bertz CT molecular complexity index is 83.0. The Kier molecular flexibility index (Phi) is 8.08. The van der Waals surface area contributed by atoms with Gasteiger partial charge < -0.3 is 0 Å². The highest BCUT2D eigenvalue weighted by atomic mass is 17.2. The highest BCUT2D eigenvalue weighted by Gasteiger charge is 1.95. The van der Waals surface area contributed by atoms with Crippen molar-refractivity contribution < 1.29 is 19.4 Å². The third-order valence-corrected chi connectivity index (χ3v) is 1.38. The number of carbonyl (C=O) groups is 2. The maximum Gasteiger partial charge on any atom is 0.344 e. The molecule has 0 bridgehead atoms. The molecule has 1 saturated carbocycles. The molecule has 0 unspecified atom stereocenters. The summed E-state index contributed by atoms with van der Waals surface area (Å²) in [5, 5.41) is 0. The van der Waals surface area contributed by atoms with E-state index < -0.39 is 0 Å². The van der Waals surface area contributed by atoms with Crippen molar-refractivity contribution in [2.75, 3.05) is 0 Å². The summed E-state index contributed by atoms with van der Waals surface area (Å²) in [7, 11) is 0. The molecule has 0 atom stereocenters. The van der Waals surface area contributed by atoms with Crippen molar-refractivity contribution in [3.63, 3.8) is 0 Å². The molecule has 64 valence electrons. The number of hydrogen-bond acceptors (Lipinski definition) is 4. The average molecular weight is 160 g/mol. The van der Waals surface area contributed by atoms with Gasteiger partial charge in [-0.25, -0.2) is 0 Å². The van der Waals surface area contributed by atoms with Gasteiger partial charge in [-0.3, -0.25) is 19.4 Å². The Morgan fingerprint density at radius 2 is 1.00 bits per heavy atom. The number of carbonyl (C=O) groups excluding carboxylic acids is 2. The molecule has 0 heterocycles. The first-order valence-electron chi connectivity index (χ1n) is 3.61. The van der Waals surface area contributed by atoms with E-state index in [1.54, 1.807) is 0 Å². The lowest BCUT2D eigenvalue weighted by molar-refractivity contribution is -0.235. The number of hydrogen-bond donors (Lipinski definition) is 0. The van der Waals surface area contributed by atoms with E-state index in [0.717, 1.165) is 0 Å². The fourth-order valence-corrected chi connectivity index (χ4v) is 0.929.